The molecule has 1 aliphatic rings. The van der Waals surface area contributed by atoms with Crippen molar-refractivity contribution in [3.63, 3.8) is 0 Å². The lowest BCUT2D eigenvalue weighted by Crippen LogP contribution is -2.23. The fourth-order valence-corrected chi connectivity index (χ4v) is 2.47. The third-order valence-electron chi connectivity index (χ3n) is 2.54. The van der Waals surface area contributed by atoms with Crippen molar-refractivity contribution in [3.05, 3.63) is 0 Å². The van der Waals surface area contributed by atoms with Crippen LogP contribution in [0.5, 0.6) is 0 Å². The molecule has 7 heteroatoms. The van der Waals surface area contributed by atoms with E-state index in [1.54, 1.807) is 13.8 Å². The summed E-state index contributed by atoms with van der Waals surface area (Å²) >= 11 is 2.93. The molecule has 1 fully saturated rings. The first-order chi connectivity index (χ1) is 7.91. The van der Waals surface area contributed by atoms with Gasteiger partial charge >= 0.3 is 17.9 Å². The first-order valence-corrected chi connectivity index (χ1v) is 5.96. The fraction of sp³-hybridized carbons (Fsp3) is 0.700. The number of aliphatic carboxylic acids is 1. The molecule has 17 heavy (non-hydrogen) atoms. The second kappa shape index (κ2) is 5.03. The number of hydrogen-bond donors (Lipinski definition) is 1. The Kier molecular flexibility index (Phi) is 4.13. The Morgan fingerprint density at radius 2 is 1.47 bits per heavy atom. The van der Waals surface area contributed by atoms with Gasteiger partial charge in [0.25, 0.3) is 0 Å². The second-order valence-corrected chi connectivity index (χ2v) is 4.84. The van der Waals surface area contributed by atoms with Crippen LogP contribution < -0.4 is 0 Å². The van der Waals surface area contributed by atoms with Gasteiger partial charge in [-0.2, -0.15) is 0 Å². The zero-order valence-electron chi connectivity index (χ0n) is 9.44. The normalized spacial score (nSPS) is 30.5. The minimum absolute atomic E-state index is 0.133. The van der Waals surface area contributed by atoms with Gasteiger partial charge < -0.3 is 14.6 Å². The minimum atomic E-state index is -1.59. The Morgan fingerprint density at radius 3 is 1.71 bits per heavy atom. The number of halogens is 1. The summed E-state index contributed by atoms with van der Waals surface area (Å²) in [5, 5.41) is 9.03. The van der Waals surface area contributed by atoms with Crippen LogP contribution in [0.15, 0.2) is 0 Å². The van der Waals surface area contributed by atoms with Crippen LogP contribution >= 0.6 is 15.9 Å². The lowest BCUT2D eigenvalue weighted by molar-refractivity contribution is -0.150. The number of hydrogen-bond acceptors (Lipinski definition) is 5. The van der Waals surface area contributed by atoms with Crippen molar-refractivity contribution < 1.29 is 29.0 Å². The molecule has 1 rings (SSSR count). The monoisotopic (exact) mass is 308 g/mol. The van der Waals surface area contributed by atoms with Crippen molar-refractivity contribution >= 4 is 33.8 Å². The van der Waals surface area contributed by atoms with Gasteiger partial charge in [-0.1, -0.05) is 15.9 Å². The van der Waals surface area contributed by atoms with Crippen LogP contribution in [0.3, 0.4) is 0 Å². The molecule has 0 saturated heterocycles. The summed E-state index contributed by atoms with van der Waals surface area (Å²) in [7, 11) is 0. The van der Waals surface area contributed by atoms with E-state index in [2.05, 4.69) is 15.9 Å². The summed E-state index contributed by atoms with van der Waals surface area (Å²) in [6.45, 7) is 3.48. The van der Waals surface area contributed by atoms with Crippen molar-refractivity contribution in [2.75, 3.05) is 13.2 Å². The van der Waals surface area contributed by atoms with E-state index in [9.17, 15) is 14.4 Å². The van der Waals surface area contributed by atoms with Crippen molar-refractivity contribution in [2.45, 2.75) is 18.2 Å². The van der Waals surface area contributed by atoms with E-state index in [4.69, 9.17) is 14.6 Å². The highest BCUT2D eigenvalue weighted by atomic mass is 79.9. The van der Waals surface area contributed by atoms with Crippen molar-refractivity contribution in [1.82, 2.24) is 0 Å². The third-order valence-corrected chi connectivity index (χ3v) is 3.86. The minimum Gasteiger partial charge on any atom is -0.480 e. The number of rotatable bonds is 5. The highest BCUT2D eigenvalue weighted by Gasteiger charge is 2.77. The van der Waals surface area contributed by atoms with Crippen LogP contribution in [0, 0.1) is 11.8 Å². The number of alkyl halides is 1. The molecule has 0 bridgehead atoms. The van der Waals surface area contributed by atoms with Crippen molar-refractivity contribution in [3.8, 4) is 0 Å². The van der Waals surface area contributed by atoms with E-state index < -0.39 is 34.1 Å². The Labute approximate surface area is 106 Å². The molecule has 6 nitrogen and oxygen atoms in total. The molecular weight excluding hydrogens is 296 g/mol. The van der Waals surface area contributed by atoms with Gasteiger partial charge in [-0.25, -0.2) is 0 Å². The summed E-state index contributed by atoms with van der Waals surface area (Å²) < 4.78 is 7.87. The van der Waals surface area contributed by atoms with E-state index in [0.717, 1.165) is 0 Å². The summed E-state index contributed by atoms with van der Waals surface area (Å²) in [5.74, 6) is -4.73. The van der Waals surface area contributed by atoms with Gasteiger partial charge in [-0.05, 0) is 13.8 Å². The van der Waals surface area contributed by atoms with E-state index in [1.807, 2.05) is 0 Å². The van der Waals surface area contributed by atoms with Crippen LogP contribution in [0.2, 0.25) is 0 Å². The van der Waals surface area contributed by atoms with Crippen LogP contribution in [0.25, 0.3) is 0 Å². The Morgan fingerprint density at radius 1 is 1.12 bits per heavy atom. The average Bonchev–Trinajstić information content (AvgIpc) is 2.87. The molecule has 0 heterocycles. The average molecular weight is 309 g/mol. The van der Waals surface area contributed by atoms with Crippen LogP contribution in [0.4, 0.5) is 0 Å². The molecule has 0 aromatic heterocycles. The number of carboxylic acids is 1. The first-order valence-electron chi connectivity index (χ1n) is 5.16. The Balaban J connectivity index is 2.86. The lowest BCUT2D eigenvalue weighted by atomic mass is 10.3. The molecule has 0 aliphatic heterocycles. The van der Waals surface area contributed by atoms with Gasteiger partial charge in [0.2, 0.25) is 0 Å². The zero-order chi connectivity index (χ0) is 13.2. The summed E-state index contributed by atoms with van der Waals surface area (Å²) in [6.07, 6.45) is 0. The van der Waals surface area contributed by atoms with Crippen LogP contribution in [-0.2, 0) is 23.9 Å². The second-order valence-electron chi connectivity index (χ2n) is 3.53. The maximum atomic E-state index is 11.5. The van der Waals surface area contributed by atoms with Crippen LogP contribution in [0.1, 0.15) is 13.8 Å². The Bertz CT molecular complexity index is 329. The lowest BCUT2D eigenvalue weighted by Gasteiger charge is -2.02. The van der Waals surface area contributed by atoms with E-state index in [0.29, 0.717) is 0 Å². The van der Waals surface area contributed by atoms with E-state index in [1.165, 1.54) is 0 Å². The van der Waals surface area contributed by atoms with Gasteiger partial charge in [0.05, 0.1) is 25.0 Å². The smallest absolute Gasteiger partial charge is 0.322 e. The molecule has 1 N–H and O–H groups in total. The van der Waals surface area contributed by atoms with Gasteiger partial charge in [-0.3, -0.25) is 14.4 Å². The molecule has 0 amide bonds. The molecule has 2 unspecified atom stereocenters. The zero-order valence-corrected chi connectivity index (χ0v) is 11.0. The van der Waals surface area contributed by atoms with Crippen molar-refractivity contribution in [2.24, 2.45) is 11.8 Å². The molecule has 0 aromatic rings. The molecule has 1 saturated carbocycles. The molecule has 0 aromatic carbocycles. The molecule has 2 atom stereocenters. The van der Waals surface area contributed by atoms with Gasteiger partial charge in [0.1, 0.15) is 0 Å². The standard InChI is InChI=1S/C10H13BrO6/c1-3-16-7(12)5-6(8(13)17-4-2)10(5,11)9(14)15/h5-6H,3-4H2,1-2H3,(H,14,15). The number of ether oxygens (including phenoxy) is 2. The van der Waals surface area contributed by atoms with E-state index in [-0.39, 0.29) is 13.2 Å². The van der Waals surface area contributed by atoms with Gasteiger partial charge in [0.15, 0.2) is 4.32 Å². The molecular formula is C10H13BrO6. The predicted molar refractivity (Wildman–Crippen MR) is 59.5 cm³/mol. The number of carbonyl (C=O) groups is 3. The van der Waals surface area contributed by atoms with Crippen molar-refractivity contribution in [1.29, 1.82) is 0 Å². The predicted octanol–water partition coefficient (Wildman–Crippen LogP) is 0.577. The highest BCUT2D eigenvalue weighted by Crippen LogP contribution is 2.58. The van der Waals surface area contributed by atoms with Gasteiger partial charge in [-0.15, -0.1) is 0 Å². The first kappa shape index (κ1) is 14.0. The molecule has 0 spiro atoms. The van der Waals surface area contributed by atoms with E-state index >= 15 is 0 Å². The SMILES string of the molecule is CCOC(=O)C1C(C(=O)OCC)C1(Br)C(=O)O. The number of esters is 2. The maximum Gasteiger partial charge on any atom is 0.322 e. The maximum absolute atomic E-state index is 11.5. The molecule has 1 aliphatic carbocycles. The third kappa shape index (κ3) is 2.29. The number of carboxylic acid groups (broad SMARTS) is 1. The molecule has 0 radical (unpaired) electrons. The van der Waals surface area contributed by atoms with Gasteiger partial charge in [0, 0.05) is 0 Å². The summed E-state index contributed by atoms with van der Waals surface area (Å²) in [6, 6.07) is 0. The summed E-state index contributed by atoms with van der Waals surface area (Å²) in [4.78, 5) is 34.1. The molecule has 96 valence electrons. The summed E-state index contributed by atoms with van der Waals surface area (Å²) in [5.41, 5.74) is 0. The quantitative estimate of drug-likeness (QED) is 0.590. The largest absolute Gasteiger partial charge is 0.480 e. The topological polar surface area (TPSA) is 89.9 Å². The number of carbonyl (C=O) groups excluding carboxylic acids is 2. The Hall–Kier alpha value is -1.11. The fourth-order valence-electron chi connectivity index (χ4n) is 1.70. The van der Waals surface area contributed by atoms with Crippen LogP contribution in [-0.4, -0.2) is 40.6 Å². The highest BCUT2D eigenvalue weighted by molar-refractivity contribution is 9.10.